The molecule has 1 unspecified atom stereocenters. The van der Waals surface area contributed by atoms with E-state index in [4.69, 9.17) is 9.15 Å². The molecule has 0 spiro atoms. The molecule has 0 saturated carbocycles. The monoisotopic (exact) mass is 441 g/mol. The summed E-state index contributed by atoms with van der Waals surface area (Å²) in [5, 5.41) is 12.0. The lowest BCUT2D eigenvalue weighted by Gasteiger charge is -2.21. The number of nitrogens with one attached hydrogen (secondary N) is 1. The van der Waals surface area contributed by atoms with Crippen LogP contribution in [0.25, 0.3) is 22.9 Å². The van der Waals surface area contributed by atoms with Crippen molar-refractivity contribution < 1.29 is 13.9 Å². The van der Waals surface area contributed by atoms with Gasteiger partial charge < -0.3 is 14.5 Å². The predicted octanol–water partition coefficient (Wildman–Crippen LogP) is 6.53. The third-order valence-electron chi connectivity index (χ3n) is 5.50. The summed E-state index contributed by atoms with van der Waals surface area (Å²) in [5.74, 6) is 0.663. The molecule has 0 aliphatic heterocycles. The average Bonchev–Trinajstić information content (AvgIpc) is 3.37. The van der Waals surface area contributed by atoms with Gasteiger partial charge in [-0.05, 0) is 60.5 Å². The second kappa shape index (κ2) is 10.6. The Bertz CT molecular complexity index is 1170. The summed E-state index contributed by atoms with van der Waals surface area (Å²) in [6, 6.07) is 25.4. The zero-order valence-electron chi connectivity index (χ0n) is 18.8. The van der Waals surface area contributed by atoms with Crippen molar-refractivity contribution in [2.75, 3.05) is 12.4 Å². The van der Waals surface area contributed by atoms with E-state index in [1.165, 1.54) is 7.11 Å². The number of esters is 1. The highest BCUT2D eigenvalue weighted by Crippen LogP contribution is 2.28. The van der Waals surface area contributed by atoms with E-state index in [1.807, 2.05) is 78.9 Å². The molecular weight excluding hydrogens is 414 g/mol. The van der Waals surface area contributed by atoms with Gasteiger partial charge in [-0.2, -0.15) is 0 Å². The molecule has 0 amide bonds. The lowest BCUT2D eigenvalue weighted by atomic mass is 9.99. The van der Waals surface area contributed by atoms with Crippen LogP contribution in [-0.2, 0) is 4.74 Å². The van der Waals surface area contributed by atoms with E-state index in [1.54, 1.807) is 0 Å². The first-order chi connectivity index (χ1) is 16.2. The number of hydrogen-bond acceptors (Lipinski definition) is 6. The van der Waals surface area contributed by atoms with Crippen LogP contribution in [0, 0.1) is 0 Å². The number of carbonyl (C=O) groups is 1. The minimum Gasteiger partial charge on any atom is -0.465 e. The van der Waals surface area contributed by atoms with E-state index in [0.717, 1.165) is 41.6 Å². The van der Waals surface area contributed by atoms with Crippen molar-refractivity contribution in [1.82, 2.24) is 10.2 Å². The molecule has 0 aliphatic carbocycles. The molecule has 0 aliphatic rings. The molecule has 0 saturated heterocycles. The summed E-state index contributed by atoms with van der Waals surface area (Å²) in [4.78, 5) is 11.7. The Labute approximate surface area is 193 Å². The highest BCUT2D eigenvalue weighted by atomic mass is 16.5. The molecular formula is C27H27N3O3. The van der Waals surface area contributed by atoms with Gasteiger partial charge in [0.2, 0.25) is 11.8 Å². The van der Waals surface area contributed by atoms with Gasteiger partial charge in [-0.25, -0.2) is 4.79 Å². The molecule has 0 bridgehead atoms. The van der Waals surface area contributed by atoms with Crippen LogP contribution < -0.4 is 5.32 Å². The Morgan fingerprint density at radius 2 is 1.55 bits per heavy atom. The van der Waals surface area contributed by atoms with Gasteiger partial charge in [-0.1, -0.05) is 50.1 Å². The molecule has 4 aromatic rings. The standard InChI is InChI=1S/C27H27N3O3/c1-3-4-10-24(19-11-13-22(14-12-19)27(31)32-2)28-23-17-15-21(16-18-23)26-30-29-25(33-26)20-8-6-5-7-9-20/h5-9,11-18,24,28H,3-4,10H2,1-2H3. The van der Waals surface area contributed by atoms with Crippen LogP contribution in [0.4, 0.5) is 5.69 Å². The van der Waals surface area contributed by atoms with Crippen LogP contribution in [0.2, 0.25) is 0 Å². The van der Waals surface area contributed by atoms with E-state index >= 15 is 0 Å². The van der Waals surface area contributed by atoms with E-state index in [9.17, 15) is 4.79 Å². The smallest absolute Gasteiger partial charge is 0.337 e. The van der Waals surface area contributed by atoms with E-state index in [2.05, 4.69) is 22.4 Å². The van der Waals surface area contributed by atoms with Crippen molar-refractivity contribution in [3.63, 3.8) is 0 Å². The van der Waals surface area contributed by atoms with Crippen molar-refractivity contribution in [1.29, 1.82) is 0 Å². The number of aromatic nitrogens is 2. The second-order valence-corrected chi connectivity index (χ2v) is 7.81. The topological polar surface area (TPSA) is 77.3 Å². The van der Waals surface area contributed by atoms with E-state index in [0.29, 0.717) is 17.3 Å². The Balaban J connectivity index is 1.49. The summed E-state index contributed by atoms with van der Waals surface area (Å²) in [6.45, 7) is 2.18. The van der Waals surface area contributed by atoms with Gasteiger partial charge in [0, 0.05) is 16.8 Å². The lowest BCUT2D eigenvalue weighted by molar-refractivity contribution is 0.0600. The number of methoxy groups -OCH3 is 1. The number of hydrogen-bond donors (Lipinski definition) is 1. The van der Waals surface area contributed by atoms with Crippen LogP contribution >= 0.6 is 0 Å². The third-order valence-corrected chi connectivity index (χ3v) is 5.50. The molecule has 168 valence electrons. The van der Waals surface area contributed by atoms with Gasteiger partial charge in [0.15, 0.2) is 0 Å². The first kappa shape index (κ1) is 22.3. The van der Waals surface area contributed by atoms with Crippen LogP contribution in [0.3, 0.4) is 0 Å². The van der Waals surface area contributed by atoms with E-state index in [-0.39, 0.29) is 12.0 Å². The Kier molecular flexibility index (Phi) is 7.15. The van der Waals surface area contributed by atoms with Gasteiger partial charge in [0.1, 0.15) is 0 Å². The Hall–Kier alpha value is -3.93. The fourth-order valence-corrected chi connectivity index (χ4v) is 3.65. The summed E-state index contributed by atoms with van der Waals surface area (Å²) in [5.41, 5.74) is 4.44. The molecule has 4 rings (SSSR count). The molecule has 1 atom stereocenters. The maximum Gasteiger partial charge on any atom is 0.337 e. The zero-order valence-corrected chi connectivity index (χ0v) is 18.8. The lowest BCUT2D eigenvalue weighted by Crippen LogP contribution is -2.11. The fourth-order valence-electron chi connectivity index (χ4n) is 3.65. The number of anilines is 1. The van der Waals surface area contributed by atoms with Gasteiger partial charge in [-0.15, -0.1) is 10.2 Å². The van der Waals surface area contributed by atoms with Crippen molar-refractivity contribution in [2.24, 2.45) is 0 Å². The Morgan fingerprint density at radius 1 is 0.909 bits per heavy atom. The quantitative estimate of drug-likeness (QED) is 0.297. The minimum absolute atomic E-state index is 0.135. The largest absolute Gasteiger partial charge is 0.465 e. The molecule has 0 radical (unpaired) electrons. The summed E-state index contributed by atoms with van der Waals surface area (Å²) < 4.78 is 10.7. The molecule has 6 nitrogen and oxygen atoms in total. The van der Waals surface area contributed by atoms with Crippen molar-refractivity contribution in [3.8, 4) is 22.9 Å². The zero-order chi connectivity index (χ0) is 23.0. The van der Waals surface area contributed by atoms with Crippen molar-refractivity contribution in [3.05, 3.63) is 90.0 Å². The molecule has 33 heavy (non-hydrogen) atoms. The van der Waals surface area contributed by atoms with E-state index < -0.39 is 0 Å². The Morgan fingerprint density at radius 3 is 2.15 bits per heavy atom. The molecule has 0 fully saturated rings. The molecule has 1 heterocycles. The number of ether oxygens (including phenoxy) is 1. The maximum absolute atomic E-state index is 11.7. The number of unbranched alkanes of at least 4 members (excludes halogenated alkanes) is 1. The summed E-state index contributed by atoms with van der Waals surface area (Å²) in [6.07, 6.45) is 3.19. The van der Waals surface area contributed by atoms with Crippen molar-refractivity contribution in [2.45, 2.75) is 32.2 Å². The summed E-state index contributed by atoms with van der Waals surface area (Å²) in [7, 11) is 1.39. The molecule has 1 aromatic heterocycles. The number of rotatable bonds is 9. The minimum atomic E-state index is -0.327. The highest BCUT2D eigenvalue weighted by Gasteiger charge is 2.14. The van der Waals surface area contributed by atoms with Crippen LogP contribution in [-0.4, -0.2) is 23.3 Å². The number of carbonyl (C=O) groups excluding carboxylic acids is 1. The first-order valence-corrected chi connectivity index (χ1v) is 11.1. The fraction of sp³-hybridized carbons (Fsp3) is 0.222. The number of benzene rings is 3. The SMILES string of the molecule is CCCCC(Nc1ccc(-c2nnc(-c3ccccc3)o2)cc1)c1ccc(C(=O)OC)cc1. The van der Waals surface area contributed by atoms with Crippen molar-refractivity contribution >= 4 is 11.7 Å². The van der Waals surface area contributed by atoms with Crippen LogP contribution in [0.1, 0.15) is 48.1 Å². The predicted molar refractivity (Wildman–Crippen MR) is 129 cm³/mol. The molecule has 6 heteroatoms. The average molecular weight is 442 g/mol. The van der Waals surface area contributed by atoms with Crippen LogP contribution in [0.15, 0.2) is 83.3 Å². The highest BCUT2D eigenvalue weighted by molar-refractivity contribution is 5.89. The van der Waals surface area contributed by atoms with Gasteiger partial charge >= 0.3 is 5.97 Å². The second-order valence-electron chi connectivity index (χ2n) is 7.81. The van der Waals surface area contributed by atoms with Gasteiger partial charge in [0.05, 0.1) is 18.7 Å². The third kappa shape index (κ3) is 5.47. The first-order valence-electron chi connectivity index (χ1n) is 11.1. The maximum atomic E-state index is 11.7. The van der Waals surface area contributed by atoms with Gasteiger partial charge in [-0.3, -0.25) is 0 Å². The normalized spacial score (nSPS) is 11.7. The summed E-state index contributed by atoms with van der Waals surface area (Å²) >= 11 is 0. The number of nitrogens with zero attached hydrogens (tertiary/aromatic N) is 2. The van der Waals surface area contributed by atoms with Gasteiger partial charge in [0.25, 0.3) is 0 Å². The molecule has 1 N–H and O–H groups in total. The molecule has 3 aromatic carbocycles. The van der Waals surface area contributed by atoms with Crippen LogP contribution in [0.5, 0.6) is 0 Å².